The number of amides is 1. The number of carbonyl (C=O) groups excluding carboxylic acids is 1. The fourth-order valence-electron chi connectivity index (χ4n) is 1.93. The number of aliphatic hydroxyl groups excluding tert-OH is 1. The molecule has 0 atom stereocenters. The SMILES string of the molecule is Cc1cc(N)ccc1NC(=O)CCN(CCO)CC(F)F. The van der Waals surface area contributed by atoms with Crippen LogP contribution in [0.1, 0.15) is 12.0 Å². The minimum atomic E-state index is -2.49. The number of anilines is 2. The van der Waals surface area contributed by atoms with E-state index >= 15 is 0 Å². The molecule has 1 aromatic carbocycles. The minimum Gasteiger partial charge on any atom is -0.399 e. The normalized spacial score (nSPS) is 11.1. The molecular formula is C14H21F2N3O2. The number of alkyl halides is 2. The number of hydrogen-bond donors (Lipinski definition) is 3. The fraction of sp³-hybridized carbons (Fsp3) is 0.500. The van der Waals surface area contributed by atoms with Gasteiger partial charge in [0.05, 0.1) is 13.2 Å². The first-order chi connectivity index (χ1) is 9.92. The number of carbonyl (C=O) groups is 1. The van der Waals surface area contributed by atoms with Gasteiger partial charge in [-0.25, -0.2) is 8.78 Å². The molecule has 0 unspecified atom stereocenters. The molecule has 21 heavy (non-hydrogen) atoms. The van der Waals surface area contributed by atoms with Gasteiger partial charge in [0.15, 0.2) is 0 Å². The summed E-state index contributed by atoms with van der Waals surface area (Å²) >= 11 is 0. The van der Waals surface area contributed by atoms with E-state index < -0.39 is 13.0 Å². The molecule has 0 aromatic heterocycles. The third-order valence-electron chi connectivity index (χ3n) is 2.99. The standard InChI is InChI=1S/C14H21F2N3O2/c1-10-8-11(17)2-3-12(10)18-14(21)4-5-19(6-7-20)9-13(15)16/h2-3,8,13,20H,4-7,9,17H2,1H3,(H,18,21). The van der Waals surface area contributed by atoms with Gasteiger partial charge in [-0.15, -0.1) is 0 Å². The Morgan fingerprint density at radius 2 is 2.14 bits per heavy atom. The van der Waals surface area contributed by atoms with Gasteiger partial charge >= 0.3 is 0 Å². The summed E-state index contributed by atoms with van der Waals surface area (Å²) in [4.78, 5) is 13.2. The van der Waals surface area contributed by atoms with E-state index in [0.29, 0.717) is 11.4 Å². The van der Waals surface area contributed by atoms with Crippen LogP contribution in [0.3, 0.4) is 0 Å². The van der Waals surface area contributed by atoms with Crippen molar-refractivity contribution < 1.29 is 18.7 Å². The predicted molar refractivity (Wildman–Crippen MR) is 78.4 cm³/mol. The summed E-state index contributed by atoms with van der Waals surface area (Å²) in [7, 11) is 0. The Bertz CT molecular complexity index is 470. The van der Waals surface area contributed by atoms with Gasteiger partial charge in [0.25, 0.3) is 6.43 Å². The Morgan fingerprint density at radius 3 is 2.71 bits per heavy atom. The first-order valence-corrected chi connectivity index (χ1v) is 6.69. The maximum atomic E-state index is 12.3. The van der Waals surface area contributed by atoms with Gasteiger partial charge in [-0.05, 0) is 30.7 Å². The van der Waals surface area contributed by atoms with Crippen LogP contribution in [0.4, 0.5) is 20.2 Å². The fourth-order valence-corrected chi connectivity index (χ4v) is 1.93. The van der Waals surface area contributed by atoms with Gasteiger partial charge in [0, 0.05) is 30.9 Å². The molecule has 4 N–H and O–H groups in total. The Balaban J connectivity index is 2.48. The molecule has 0 heterocycles. The number of aliphatic hydroxyl groups is 1. The number of hydrogen-bond acceptors (Lipinski definition) is 4. The van der Waals surface area contributed by atoms with Crippen LogP contribution in [-0.4, -0.2) is 48.6 Å². The first-order valence-electron chi connectivity index (χ1n) is 6.69. The molecule has 1 rings (SSSR count). The second kappa shape index (κ2) is 8.53. The highest BCUT2D eigenvalue weighted by Gasteiger charge is 2.13. The summed E-state index contributed by atoms with van der Waals surface area (Å²) in [6, 6.07) is 5.12. The molecule has 0 aliphatic carbocycles. The molecule has 0 saturated heterocycles. The van der Waals surface area contributed by atoms with E-state index in [1.807, 2.05) is 6.92 Å². The van der Waals surface area contributed by atoms with Gasteiger partial charge in [0.2, 0.25) is 5.91 Å². The number of nitrogens with one attached hydrogen (secondary N) is 1. The van der Waals surface area contributed by atoms with Crippen LogP contribution < -0.4 is 11.1 Å². The van der Waals surface area contributed by atoms with Crippen LogP contribution in [0.2, 0.25) is 0 Å². The molecule has 7 heteroatoms. The Morgan fingerprint density at radius 1 is 1.43 bits per heavy atom. The molecule has 1 amide bonds. The molecule has 0 aliphatic heterocycles. The lowest BCUT2D eigenvalue weighted by atomic mass is 10.2. The van der Waals surface area contributed by atoms with Crippen molar-refractivity contribution in [1.82, 2.24) is 4.90 Å². The monoisotopic (exact) mass is 301 g/mol. The highest BCUT2D eigenvalue weighted by Crippen LogP contribution is 2.17. The topological polar surface area (TPSA) is 78.6 Å². The van der Waals surface area contributed by atoms with E-state index in [4.69, 9.17) is 10.8 Å². The molecule has 0 spiro atoms. The zero-order valence-electron chi connectivity index (χ0n) is 12.0. The number of nitrogens with two attached hydrogens (primary N) is 1. The molecule has 0 radical (unpaired) electrons. The molecule has 5 nitrogen and oxygen atoms in total. The van der Waals surface area contributed by atoms with E-state index in [0.717, 1.165) is 5.56 Å². The maximum absolute atomic E-state index is 12.3. The van der Waals surface area contributed by atoms with Crippen molar-refractivity contribution in [2.75, 3.05) is 37.3 Å². The summed E-state index contributed by atoms with van der Waals surface area (Å²) in [5.74, 6) is -0.264. The van der Waals surface area contributed by atoms with Gasteiger partial charge in [-0.1, -0.05) is 0 Å². The van der Waals surface area contributed by atoms with Crippen LogP contribution in [0.5, 0.6) is 0 Å². The van der Waals surface area contributed by atoms with Crippen LogP contribution >= 0.6 is 0 Å². The number of aryl methyl sites for hydroxylation is 1. The van der Waals surface area contributed by atoms with E-state index in [2.05, 4.69) is 5.32 Å². The van der Waals surface area contributed by atoms with Gasteiger partial charge < -0.3 is 16.2 Å². The highest BCUT2D eigenvalue weighted by molar-refractivity contribution is 5.91. The number of rotatable bonds is 8. The largest absolute Gasteiger partial charge is 0.399 e. The van der Waals surface area contributed by atoms with Crippen LogP contribution in [0.25, 0.3) is 0 Å². The van der Waals surface area contributed by atoms with Crippen molar-refractivity contribution in [3.05, 3.63) is 23.8 Å². The first kappa shape index (κ1) is 17.3. The van der Waals surface area contributed by atoms with Crippen molar-refractivity contribution in [2.24, 2.45) is 0 Å². The third-order valence-corrected chi connectivity index (χ3v) is 2.99. The lowest BCUT2D eigenvalue weighted by Gasteiger charge is -2.20. The summed E-state index contributed by atoms with van der Waals surface area (Å²) < 4.78 is 24.7. The van der Waals surface area contributed by atoms with Gasteiger partial charge in [-0.2, -0.15) is 0 Å². The average molecular weight is 301 g/mol. The van der Waals surface area contributed by atoms with Crippen LogP contribution in [0, 0.1) is 6.92 Å². The van der Waals surface area contributed by atoms with Gasteiger partial charge in [-0.3, -0.25) is 9.69 Å². The summed E-state index contributed by atoms with van der Waals surface area (Å²) in [6.45, 7) is 1.45. The Hall–Kier alpha value is -1.73. The summed E-state index contributed by atoms with van der Waals surface area (Å²) in [5, 5.41) is 11.5. The lowest BCUT2D eigenvalue weighted by Crippen LogP contribution is -2.34. The zero-order valence-corrected chi connectivity index (χ0v) is 12.0. The maximum Gasteiger partial charge on any atom is 0.251 e. The van der Waals surface area contributed by atoms with E-state index in [-0.39, 0.29) is 32.0 Å². The second-order valence-electron chi connectivity index (χ2n) is 4.79. The number of nitrogens with zero attached hydrogens (tertiary/aromatic N) is 1. The van der Waals surface area contributed by atoms with Crippen molar-refractivity contribution in [1.29, 1.82) is 0 Å². The lowest BCUT2D eigenvalue weighted by molar-refractivity contribution is -0.116. The highest BCUT2D eigenvalue weighted by atomic mass is 19.3. The quantitative estimate of drug-likeness (QED) is 0.635. The van der Waals surface area contributed by atoms with Crippen molar-refractivity contribution in [2.45, 2.75) is 19.8 Å². The minimum absolute atomic E-state index is 0.0799. The van der Waals surface area contributed by atoms with Gasteiger partial charge in [0.1, 0.15) is 0 Å². The van der Waals surface area contributed by atoms with Crippen LogP contribution in [-0.2, 0) is 4.79 Å². The second-order valence-corrected chi connectivity index (χ2v) is 4.79. The number of halogens is 2. The van der Waals surface area contributed by atoms with E-state index in [9.17, 15) is 13.6 Å². The zero-order chi connectivity index (χ0) is 15.8. The molecule has 0 bridgehead atoms. The summed E-state index contributed by atoms with van der Waals surface area (Å²) in [6.07, 6.45) is -2.41. The Labute approximate surface area is 122 Å². The number of nitrogen functional groups attached to an aromatic ring is 1. The molecule has 1 aromatic rings. The smallest absolute Gasteiger partial charge is 0.251 e. The van der Waals surface area contributed by atoms with Crippen molar-refractivity contribution in [3.63, 3.8) is 0 Å². The van der Waals surface area contributed by atoms with Crippen LogP contribution in [0.15, 0.2) is 18.2 Å². The third kappa shape index (κ3) is 6.50. The summed E-state index contributed by atoms with van der Waals surface area (Å²) in [5.41, 5.74) is 7.72. The van der Waals surface area contributed by atoms with Crippen molar-refractivity contribution in [3.8, 4) is 0 Å². The molecule has 0 aliphatic rings. The molecule has 0 fully saturated rings. The van der Waals surface area contributed by atoms with E-state index in [1.54, 1.807) is 18.2 Å². The average Bonchev–Trinajstić information content (AvgIpc) is 2.39. The number of benzene rings is 1. The molecule has 118 valence electrons. The Kier molecular flexibility index (Phi) is 7.04. The molecular weight excluding hydrogens is 280 g/mol. The van der Waals surface area contributed by atoms with Crippen molar-refractivity contribution >= 4 is 17.3 Å². The van der Waals surface area contributed by atoms with E-state index in [1.165, 1.54) is 4.90 Å². The molecule has 0 saturated carbocycles. The predicted octanol–water partition coefficient (Wildman–Crippen LogP) is 1.47.